The summed E-state index contributed by atoms with van der Waals surface area (Å²) >= 11 is 1.44. The Morgan fingerprint density at radius 2 is 2.06 bits per heavy atom. The van der Waals surface area contributed by atoms with E-state index in [1.54, 1.807) is 19.3 Å². The average Bonchev–Trinajstić information content (AvgIpc) is 2.29. The Balaban J connectivity index is 2.57. The minimum atomic E-state index is -4.08. The first-order valence-electron chi connectivity index (χ1n) is 5.11. The zero-order valence-corrected chi connectivity index (χ0v) is 11.4. The molecule has 0 spiro atoms. The molecule has 0 aliphatic heterocycles. The SMILES string of the molecule is CC[C@H](NCc1cnc(SC)nc1)P(=O)(O)O. The van der Waals surface area contributed by atoms with Crippen molar-refractivity contribution in [2.75, 3.05) is 6.26 Å². The van der Waals surface area contributed by atoms with E-state index in [1.807, 2.05) is 6.26 Å². The van der Waals surface area contributed by atoms with Gasteiger partial charge in [0.05, 0.1) is 0 Å². The molecule has 0 amide bonds. The van der Waals surface area contributed by atoms with E-state index >= 15 is 0 Å². The number of aromatic nitrogens is 2. The van der Waals surface area contributed by atoms with E-state index in [2.05, 4.69) is 15.3 Å². The van der Waals surface area contributed by atoms with Gasteiger partial charge in [0, 0.05) is 24.5 Å². The van der Waals surface area contributed by atoms with Crippen LogP contribution in [0.2, 0.25) is 0 Å². The third-order valence-electron chi connectivity index (χ3n) is 2.20. The molecule has 0 saturated carbocycles. The molecule has 0 aromatic carbocycles. The summed E-state index contributed by atoms with van der Waals surface area (Å²) in [6, 6.07) is 0. The molecule has 17 heavy (non-hydrogen) atoms. The van der Waals surface area contributed by atoms with Crippen LogP contribution in [0.1, 0.15) is 18.9 Å². The van der Waals surface area contributed by atoms with Crippen LogP contribution < -0.4 is 5.32 Å². The molecule has 1 heterocycles. The van der Waals surface area contributed by atoms with Gasteiger partial charge in [-0.15, -0.1) is 0 Å². The highest BCUT2D eigenvalue weighted by molar-refractivity contribution is 7.98. The smallest absolute Gasteiger partial charge is 0.323 e. The van der Waals surface area contributed by atoms with Crippen molar-refractivity contribution in [3.8, 4) is 0 Å². The average molecular weight is 277 g/mol. The van der Waals surface area contributed by atoms with Crippen LogP contribution in [-0.2, 0) is 11.1 Å². The lowest BCUT2D eigenvalue weighted by atomic mass is 10.3. The van der Waals surface area contributed by atoms with Crippen molar-refractivity contribution >= 4 is 19.4 Å². The van der Waals surface area contributed by atoms with Crippen LogP contribution >= 0.6 is 19.4 Å². The highest BCUT2D eigenvalue weighted by atomic mass is 32.2. The van der Waals surface area contributed by atoms with Crippen LogP contribution in [0.5, 0.6) is 0 Å². The van der Waals surface area contributed by atoms with Gasteiger partial charge in [-0.1, -0.05) is 18.7 Å². The van der Waals surface area contributed by atoms with Crippen LogP contribution in [0, 0.1) is 0 Å². The molecule has 0 saturated heterocycles. The Labute approximate surface area is 104 Å². The first-order valence-corrected chi connectivity index (χ1v) is 8.01. The largest absolute Gasteiger partial charge is 0.342 e. The minimum Gasteiger partial charge on any atom is -0.323 e. The van der Waals surface area contributed by atoms with Gasteiger partial charge < -0.3 is 9.79 Å². The Kier molecular flexibility index (Phi) is 5.55. The third kappa shape index (κ3) is 4.73. The van der Waals surface area contributed by atoms with E-state index in [0.29, 0.717) is 18.1 Å². The summed E-state index contributed by atoms with van der Waals surface area (Å²) in [6.45, 7) is 2.07. The van der Waals surface area contributed by atoms with Gasteiger partial charge in [-0.2, -0.15) is 0 Å². The van der Waals surface area contributed by atoms with Crippen molar-refractivity contribution in [2.24, 2.45) is 0 Å². The fraction of sp³-hybridized carbons (Fsp3) is 0.556. The Morgan fingerprint density at radius 1 is 1.47 bits per heavy atom. The predicted octanol–water partition coefficient (Wildman–Crippen LogP) is 1.20. The van der Waals surface area contributed by atoms with Crippen LogP contribution in [0.25, 0.3) is 0 Å². The van der Waals surface area contributed by atoms with Gasteiger partial charge in [0.1, 0.15) is 5.78 Å². The number of hydrogen-bond donors (Lipinski definition) is 3. The summed E-state index contributed by atoms with van der Waals surface area (Å²) in [4.78, 5) is 26.3. The molecule has 0 aliphatic carbocycles. The molecule has 0 radical (unpaired) electrons. The zero-order valence-electron chi connectivity index (χ0n) is 9.70. The van der Waals surface area contributed by atoms with Crippen LogP contribution in [0.4, 0.5) is 0 Å². The summed E-state index contributed by atoms with van der Waals surface area (Å²) in [7, 11) is -4.08. The lowest BCUT2D eigenvalue weighted by Crippen LogP contribution is -2.27. The minimum absolute atomic E-state index is 0.346. The van der Waals surface area contributed by atoms with Crippen molar-refractivity contribution in [3.63, 3.8) is 0 Å². The maximum Gasteiger partial charge on any atom is 0.342 e. The normalized spacial score (nSPS) is 13.6. The summed E-state index contributed by atoms with van der Waals surface area (Å²) in [5.74, 6) is -0.817. The molecule has 96 valence electrons. The van der Waals surface area contributed by atoms with Gasteiger partial charge in [-0.05, 0) is 12.7 Å². The second-order valence-corrected chi connectivity index (χ2v) is 6.05. The fourth-order valence-electron chi connectivity index (χ4n) is 1.28. The predicted molar refractivity (Wildman–Crippen MR) is 66.8 cm³/mol. The highest BCUT2D eigenvalue weighted by Gasteiger charge is 2.26. The van der Waals surface area contributed by atoms with Crippen molar-refractivity contribution < 1.29 is 14.4 Å². The number of hydrogen-bond acceptors (Lipinski definition) is 5. The van der Waals surface area contributed by atoms with Gasteiger partial charge in [-0.3, -0.25) is 9.88 Å². The Morgan fingerprint density at radius 3 is 2.47 bits per heavy atom. The van der Waals surface area contributed by atoms with Crippen molar-refractivity contribution in [2.45, 2.75) is 30.8 Å². The topological polar surface area (TPSA) is 95.3 Å². The molecule has 1 rings (SSSR count). The molecular weight excluding hydrogens is 261 g/mol. The monoisotopic (exact) mass is 277 g/mol. The molecule has 0 aliphatic rings. The molecule has 6 nitrogen and oxygen atoms in total. The van der Waals surface area contributed by atoms with Crippen molar-refractivity contribution in [1.82, 2.24) is 15.3 Å². The number of thioether (sulfide) groups is 1. The lowest BCUT2D eigenvalue weighted by Gasteiger charge is -2.17. The maximum absolute atomic E-state index is 11.1. The summed E-state index contributed by atoms with van der Waals surface area (Å²) < 4.78 is 11.1. The first kappa shape index (κ1) is 14.6. The molecular formula is C9H16N3O3PS. The number of rotatable bonds is 6. The first-order chi connectivity index (χ1) is 7.97. The summed E-state index contributed by atoms with van der Waals surface area (Å²) in [5.41, 5.74) is 0.801. The molecule has 0 unspecified atom stereocenters. The fourth-order valence-corrected chi connectivity index (χ4v) is 2.40. The quantitative estimate of drug-likeness (QED) is 0.408. The highest BCUT2D eigenvalue weighted by Crippen LogP contribution is 2.41. The van der Waals surface area contributed by atoms with E-state index < -0.39 is 13.4 Å². The van der Waals surface area contributed by atoms with Gasteiger partial charge in [0.2, 0.25) is 0 Å². The molecule has 8 heteroatoms. The van der Waals surface area contributed by atoms with Crippen molar-refractivity contribution in [3.05, 3.63) is 18.0 Å². The molecule has 0 fully saturated rings. The van der Waals surface area contributed by atoms with Gasteiger partial charge in [0.15, 0.2) is 5.16 Å². The lowest BCUT2D eigenvalue weighted by molar-refractivity contribution is 0.343. The molecule has 1 atom stereocenters. The van der Waals surface area contributed by atoms with Crippen molar-refractivity contribution in [1.29, 1.82) is 0 Å². The van der Waals surface area contributed by atoms with E-state index in [4.69, 9.17) is 9.79 Å². The number of nitrogens with zero attached hydrogens (tertiary/aromatic N) is 2. The zero-order chi connectivity index (χ0) is 12.9. The summed E-state index contributed by atoms with van der Waals surface area (Å²) in [5, 5.41) is 3.49. The van der Waals surface area contributed by atoms with Gasteiger partial charge in [0.25, 0.3) is 0 Å². The molecule has 0 bridgehead atoms. The molecule has 3 N–H and O–H groups in total. The third-order valence-corrected chi connectivity index (χ3v) is 4.13. The van der Waals surface area contributed by atoms with E-state index in [9.17, 15) is 4.57 Å². The van der Waals surface area contributed by atoms with Gasteiger partial charge in [-0.25, -0.2) is 9.97 Å². The van der Waals surface area contributed by atoms with Gasteiger partial charge >= 0.3 is 7.60 Å². The molecule has 1 aromatic heterocycles. The van der Waals surface area contributed by atoms with E-state index in [0.717, 1.165) is 5.56 Å². The number of nitrogens with one attached hydrogen (secondary N) is 1. The second kappa shape index (κ2) is 6.47. The van der Waals surface area contributed by atoms with E-state index in [1.165, 1.54) is 11.8 Å². The molecule has 1 aromatic rings. The van der Waals surface area contributed by atoms with E-state index in [-0.39, 0.29) is 0 Å². The summed E-state index contributed by atoms with van der Waals surface area (Å²) in [6.07, 6.45) is 5.55. The maximum atomic E-state index is 11.1. The Bertz CT molecular complexity index is 395. The van der Waals surface area contributed by atoms with Crippen LogP contribution in [0.15, 0.2) is 17.6 Å². The second-order valence-electron chi connectivity index (χ2n) is 3.47. The van der Waals surface area contributed by atoms with Crippen LogP contribution in [-0.4, -0.2) is 31.8 Å². The van der Waals surface area contributed by atoms with Crippen LogP contribution in [0.3, 0.4) is 0 Å². The Hall–Kier alpha value is -0.460. The standard InChI is InChI=1S/C9H16N3O3PS/c1-3-8(16(13,14)15)10-4-7-5-11-9(17-2)12-6-7/h5-6,8,10H,3-4H2,1-2H3,(H2,13,14,15)/t8-/m1/s1.